The molecule has 1 unspecified atom stereocenters. The van der Waals surface area contributed by atoms with E-state index in [1.807, 2.05) is 45.0 Å². The van der Waals surface area contributed by atoms with Crippen LogP contribution in [-0.2, 0) is 4.79 Å². The van der Waals surface area contributed by atoms with Gasteiger partial charge in [-0.25, -0.2) is 0 Å². The molecule has 0 bridgehead atoms. The topological polar surface area (TPSA) is 70.2 Å². The van der Waals surface area contributed by atoms with Crippen molar-refractivity contribution >= 4 is 23.2 Å². The highest BCUT2D eigenvalue weighted by Crippen LogP contribution is 2.12. The van der Waals surface area contributed by atoms with E-state index in [2.05, 4.69) is 16.0 Å². The minimum atomic E-state index is -0.167. The number of hydrogen-bond donors (Lipinski definition) is 3. The Balaban J connectivity index is 1.91. The lowest BCUT2D eigenvalue weighted by Crippen LogP contribution is -2.32. The van der Waals surface area contributed by atoms with Gasteiger partial charge in [0.25, 0.3) is 5.91 Å². The number of amides is 2. The minimum absolute atomic E-state index is 0.115. The maximum atomic E-state index is 12.2. The van der Waals surface area contributed by atoms with Crippen molar-refractivity contribution < 1.29 is 9.59 Å². The van der Waals surface area contributed by atoms with Crippen LogP contribution in [0.25, 0.3) is 0 Å². The molecule has 0 heterocycles. The molecule has 0 aliphatic rings. The van der Waals surface area contributed by atoms with Crippen molar-refractivity contribution in [1.82, 2.24) is 5.32 Å². The fraction of sp³-hybridized carbons (Fsp3) is 0.300. The molecule has 2 amide bonds. The molecule has 2 aromatic carbocycles. The van der Waals surface area contributed by atoms with Gasteiger partial charge < -0.3 is 16.0 Å². The van der Waals surface area contributed by atoms with Gasteiger partial charge in [-0.3, -0.25) is 9.59 Å². The number of anilines is 2. The molecule has 2 aromatic rings. The Morgan fingerprint density at radius 3 is 2.44 bits per heavy atom. The highest BCUT2D eigenvalue weighted by Gasteiger charge is 2.10. The molecule has 0 radical (unpaired) electrons. The molecule has 0 aromatic heterocycles. The van der Waals surface area contributed by atoms with Crippen LogP contribution in [0.2, 0.25) is 0 Å². The first-order chi connectivity index (χ1) is 12.0. The van der Waals surface area contributed by atoms with Crippen molar-refractivity contribution in [3.63, 3.8) is 0 Å². The van der Waals surface area contributed by atoms with Gasteiger partial charge in [-0.15, -0.1) is 0 Å². The predicted octanol–water partition coefficient (Wildman–Crippen LogP) is 3.57. The average Bonchev–Trinajstić information content (AvgIpc) is 2.61. The van der Waals surface area contributed by atoms with Crippen molar-refractivity contribution in [3.8, 4) is 0 Å². The van der Waals surface area contributed by atoms with Crippen LogP contribution >= 0.6 is 0 Å². The van der Waals surface area contributed by atoms with Crippen LogP contribution in [0.15, 0.2) is 48.5 Å². The molecule has 5 nitrogen and oxygen atoms in total. The summed E-state index contributed by atoms with van der Waals surface area (Å²) < 4.78 is 0. The van der Waals surface area contributed by atoms with Crippen LogP contribution in [0.5, 0.6) is 0 Å². The first-order valence-electron chi connectivity index (χ1n) is 8.49. The number of carbonyl (C=O) groups excluding carboxylic acids is 2. The molecular weight excluding hydrogens is 314 g/mol. The first-order valence-corrected chi connectivity index (χ1v) is 8.49. The summed E-state index contributed by atoms with van der Waals surface area (Å²) in [5.74, 6) is -0.303. The van der Waals surface area contributed by atoms with E-state index < -0.39 is 0 Å². The van der Waals surface area contributed by atoms with Gasteiger partial charge in [0.05, 0.1) is 6.54 Å². The lowest BCUT2D eigenvalue weighted by molar-refractivity contribution is -0.114. The van der Waals surface area contributed by atoms with Gasteiger partial charge in [0.15, 0.2) is 0 Å². The van der Waals surface area contributed by atoms with Gasteiger partial charge in [-0.1, -0.05) is 30.7 Å². The molecule has 1 atom stereocenters. The highest BCUT2D eigenvalue weighted by atomic mass is 16.2. The van der Waals surface area contributed by atoms with Crippen LogP contribution in [0.1, 0.15) is 36.2 Å². The Labute approximate surface area is 148 Å². The van der Waals surface area contributed by atoms with Crippen LogP contribution in [0.3, 0.4) is 0 Å². The van der Waals surface area contributed by atoms with E-state index in [0.717, 1.165) is 12.1 Å². The Kier molecular flexibility index (Phi) is 6.57. The first kappa shape index (κ1) is 18.5. The van der Waals surface area contributed by atoms with Gasteiger partial charge in [0.2, 0.25) is 5.91 Å². The van der Waals surface area contributed by atoms with Crippen LogP contribution in [-0.4, -0.2) is 24.4 Å². The van der Waals surface area contributed by atoms with Crippen LogP contribution in [0, 0.1) is 6.92 Å². The van der Waals surface area contributed by atoms with Gasteiger partial charge in [0, 0.05) is 23.0 Å². The zero-order valence-electron chi connectivity index (χ0n) is 14.9. The van der Waals surface area contributed by atoms with Crippen LogP contribution < -0.4 is 16.0 Å². The third-order valence-corrected chi connectivity index (χ3v) is 3.90. The number of carbonyl (C=O) groups is 2. The van der Waals surface area contributed by atoms with Crippen molar-refractivity contribution in [1.29, 1.82) is 0 Å². The maximum absolute atomic E-state index is 12.2. The summed E-state index contributed by atoms with van der Waals surface area (Å²) in [4.78, 5) is 24.2. The molecule has 5 heteroatoms. The second-order valence-electron chi connectivity index (χ2n) is 6.13. The van der Waals surface area contributed by atoms with E-state index in [-0.39, 0.29) is 24.4 Å². The van der Waals surface area contributed by atoms with E-state index in [1.165, 1.54) is 5.56 Å². The molecule has 0 spiro atoms. The van der Waals surface area contributed by atoms with Gasteiger partial charge in [0.1, 0.15) is 0 Å². The van der Waals surface area contributed by atoms with E-state index in [0.29, 0.717) is 11.3 Å². The third kappa shape index (κ3) is 5.95. The van der Waals surface area contributed by atoms with Crippen molar-refractivity contribution in [2.75, 3.05) is 17.2 Å². The summed E-state index contributed by atoms with van der Waals surface area (Å²) in [6.45, 7) is 6.15. The molecule has 0 aliphatic carbocycles. The third-order valence-electron chi connectivity index (χ3n) is 3.90. The Morgan fingerprint density at radius 1 is 1.04 bits per heavy atom. The predicted molar refractivity (Wildman–Crippen MR) is 102 cm³/mol. The zero-order valence-corrected chi connectivity index (χ0v) is 14.9. The largest absolute Gasteiger partial charge is 0.376 e. The lowest BCUT2D eigenvalue weighted by Gasteiger charge is -2.12. The summed E-state index contributed by atoms with van der Waals surface area (Å²) in [5.41, 5.74) is 3.20. The molecule has 0 saturated heterocycles. The second kappa shape index (κ2) is 8.87. The number of nitrogens with one attached hydrogen (secondary N) is 3. The molecule has 0 fully saturated rings. The fourth-order valence-corrected chi connectivity index (χ4v) is 2.21. The summed E-state index contributed by atoms with van der Waals surface area (Å²) in [5, 5.41) is 8.79. The SMILES string of the molecule is CCC(C)NC(=O)c1cccc(NC(=O)CNc2ccc(C)cc2)c1. The summed E-state index contributed by atoms with van der Waals surface area (Å²) >= 11 is 0. The molecule has 0 aliphatic heterocycles. The standard InChI is InChI=1S/C20H25N3O2/c1-4-15(3)22-20(25)16-6-5-7-18(12-16)23-19(24)13-21-17-10-8-14(2)9-11-17/h5-12,15,21H,4,13H2,1-3H3,(H,22,25)(H,23,24). The summed E-state index contributed by atoms with van der Waals surface area (Å²) in [7, 11) is 0. The highest BCUT2D eigenvalue weighted by molar-refractivity contribution is 5.98. The number of rotatable bonds is 7. The number of benzene rings is 2. The molecule has 3 N–H and O–H groups in total. The molecule has 132 valence electrons. The van der Waals surface area contributed by atoms with E-state index >= 15 is 0 Å². The smallest absolute Gasteiger partial charge is 0.251 e. The molecule has 2 rings (SSSR count). The molecular formula is C20H25N3O2. The van der Waals surface area contributed by atoms with Crippen molar-refractivity contribution in [2.24, 2.45) is 0 Å². The minimum Gasteiger partial charge on any atom is -0.376 e. The monoisotopic (exact) mass is 339 g/mol. The Bertz CT molecular complexity index is 726. The van der Waals surface area contributed by atoms with E-state index in [1.54, 1.807) is 24.3 Å². The fourth-order valence-electron chi connectivity index (χ4n) is 2.21. The van der Waals surface area contributed by atoms with Gasteiger partial charge in [-0.2, -0.15) is 0 Å². The van der Waals surface area contributed by atoms with Gasteiger partial charge in [-0.05, 0) is 50.6 Å². The van der Waals surface area contributed by atoms with Crippen LogP contribution in [0.4, 0.5) is 11.4 Å². The summed E-state index contributed by atoms with van der Waals surface area (Å²) in [6, 6.07) is 14.9. The Hall–Kier alpha value is -2.82. The van der Waals surface area contributed by atoms with Crippen molar-refractivity contribution in [3.05, 3.63) is 59.7 Å². The second-order valence-corrected chi connectivity index (χ2v) is 6.13. The summed E-state index contributed by atoms with van der Waals surface area (Å²) in [6.07, 6.45) is 0.868. The number of hydrogen-bond acceptors (Lipinski definition) is 3. The molecule has 0 saturated carbocycles. The van der Waals surface area contributed by atoms with E-state index in [4.69, 9.17) is 0 Å². The number of aryl methyl sites for hydroxylation is 1. The normalized spacial score (nSPS) is 11.5. The van der Waals surface area contributed by atoms with Gasteiger partial charge >= 0.3 is 0 Å². The quantitative estimate of drug-likeness (QED) is 0.722. The average molecular weight is 339 g/mol. The lowest BCUT2D eigenvalue weighted by atomic mass is 10.1. The maximum Gasteiger partial charge on any atom is 0.251 e. The zero-order chi connectivity index (χ0) is 18.2. The van der Waals surface area contributed by atoms with E-state index in [9.17, 15) is 9.59 Å². The Morgan fingerprint density at radius 2 is 1.76 bits per heavy atom. The van der Waals surface area contributed by atoms with Crippen molar-refractivity contribution in [2.45, 2.75) is 33.2 Å². The molecule has 25 heavy (non-hydrogen) atoms.